The van der Waals surface area contributed by atoms with E-state index in [9.17, 15) is 4.79 Å². The van der Waals surface area contributed by atoms with Gasteiger partial charge in [0.15, 0.2) is 0 Å². The molecule has 122 valence electrons. The summed E-state index contributed by atoms with van der Waals surface area (Å²) < 4.78 is 10.4. The van der Waals surface area contributed by atoms with Gasteiger partial charge in [-0.05, 0) is 19.0 Å². The molecule has 0 saturated carbocycles. The van der Waals surface area contributed by atoms with Gasteiger partial charge in [-0.2, -0.15) is 0 Å². The Labute approximate surface area is 137 Å². The van der Waals surface area contributed by atoms with Crippen LogP contribution in [0.5, 0.6) is 0 Å². The molecular weight excluding hydrogens is 317 g/mol. The van der Waals surface area contributed by atoms with E-state index in [4.69, 9.17) is 14.9 Å². The summed E-state index contributed by atoms with van der Waals surface area (Å²) in [6.45, 7) is 5.55. The summed E-state index contributed by atoms with van der Waals surface area (Å²) >= 11 is 0. The molecule has 1 amide bonds. The van der Waals surface area contributed by atoms with Crippen LogP contribution in [0, 0.1) is 0 Å². The lowest BCUT2D eigenvalue weighted by Crippen LogP contribution is -2.38. The first-order valence-electron chi connectivity index (χ1n) is 6.65. The van der Waals surface area contributed by atoms with Gasteiger partial charge in [0, 0.05) is 19.6 Å². The lowest BCUT2D eigenvalue weighted by atomic mass is 10.3. The molecule has 2 heterocycles. The number of halogens is 2. The smallest absolute Gasteiger partial charge is 0.254 e. The molecule has 0 radical (unpaired) electrons. The number of carbonyl (C=O) groups excluding carboxylic acids is 1. The Morgan fingerprint density at radius 2 is 2.05 bits per heavy atom. The second-order valence-corrected chi connectivity index (χ2v) is 4.57. The Hall–Kier alpha value is -0.790. The predicted octanol–water partition coefficient (Wildman–Crippen LogP) is 1.03. The van der Waals surface area contributed by atoms with Gasteiger partial charge in [-0.15, -0.1) is 24.8 Å². The molecule has 1 aliphatic rings. The molecule has 0 bridgehead atoms. The number of furan rings is 1. The van der Waals surface area contributed by atoms with Gasteiger partial charge in [-0.1, -0.05) is 0 Å². The van der Waals surface area contributed by atoms with Gasteiger partial charge in [-0.25, -0.2) is 0 Å². The van der Waals surface area contributed by atoms with E-state index < -0.39 is 0 Å². The molecule has 0 aliphatic carbocycles. The van der Waals surface area contributed by atoms with Crippen LogP contribution in [0.2, 0.25) is 0 Å². The zero-order valence-corrected chi connectivity index (χ0v) is 13.5. The number of morpholine rings is 1. The number of nitrogens with zero attached hydrogens (tertiary/aromatic N) is 1. The fraction of sp³-hybridized carbons (Fsp3) is 0.615. The van der Waals surface area contributed by atoms with Gasteiger partial charge in [0.05, 0.1) is 25.3 Å². The molecule has 1 aliphatic heterocycles. The molecule has 21 heavy (non-hydrogen) atoms. The van der Waals surface area contributed by atoms with Gasteiger partial charge in [0.2, 0.25) is 0 Å². The molecule has 0 unspecified atom stereocenters. The van der Waals surface area contributed by atoms with E-state index in [2.05, 4.69) is 10.2 Å². The molecule has 8 heteroatoms. The Bertz CT molecular complexity index is 409. The van der Waals surface area contributed by atoms with Gasteiger partial charge >= 0.3 is 0 Å². The van der Waals surface area contributed by atoms with Gasteiger partial charge < -0.3 is 20.2 Å². The maximum atomic E-state index is 11.8. The first-order chi connectivity index (χ1) is 9.29. The van der Waals surface area contributed by atoms with Crippen molar-refractivity contribution in [2.24, 2.45) is 5.73 Å². The number of amides is 1. The first-order valence-corrected chi connectivity index (χ1v) is 6.65. The largest absolute Gasteiger partial charge is 0.467 e. The number of ether oxygens (including phenoxy) is 1. The summed E-state index contributed by atoms with van der Waals surface area (Å²) in [4.78, 5) is 14.1. The lowest BCUT2D eigenvalue weighted by molar-refractivity contribution is 0.0374. The predicted molar refractivity (Wildman–Crippen MR) is 85.3 cm³/mol. The molecule has 1 fully saturated rings. The number of nitrogens with one attached hydrogen (secondary N) is 1. The normalized spacial score (nSPS) is 14.9. The van der Waals surface area contributed by atoms with E-state index in [0.717, 1.165) is 39.3 Å². The van der Waals surface area contributed by atoms with Crippen LogP contribution in [0.3, 0.4) is 0 Å². The number of hydrogen-bond donors (Lipinski definition) is 2. The minimum atomic E-state index is -0.106. The molecule has 1 saturated heterocycles. The fourth-order valence-electron chi connectivity index (χ4n) is 2.04. The van der Waals surface area contributed by atoms with E-state index in [1.807, 2.05) is 0 Å². The molecule has 3 N–H and O–H groups in total. The highest BCUT2D eigenvalue weighted by molar-refractivity contribution is 5.93. The van der Waals surface area contributed by atoms with Gasteiger partial charge in [-0.3, -0.25) is 9.69 Å². The van der Waals surface area contributed by atoms with Crippen LogP contribution < -0.4 is 11.1 Å². The number of nitrogens with two attached hydrogens (primary N) is 1. The van der Waals surface area contributed by atoms with Crippen molar-refractivity contribution >= 4 is 30.7 Å². The van der Waals surface area contributed by atoms with Crippen molar-refractivity contribution < 1.29 is 13.9 Å². The Morgan fingerprint density at radius 1 is 1.33 bits per heavy atom. The molecule has 6 nitrogen and oxygen atoms in total. The molecular formula is C13H23Cl2N3O3. The minimum Gasteiger partial charge on any atom is -0.467 e. The maximum Gasteiger partial charge on any atom is 0.254 e. The van der Waals surface area contributed by atoms with E-state index in [1.165, 1.54) is 6.26 Å². The van der Waals surface area contributed by atoms with Crippen LogP contribution in [0.1, 0.15) is 22.5 Å². The Balaban J connectivity index is 0.00000200. The molecule has 0 aromatic carbocycles. The SMILES string of the molecule is Cl.Cl.NCc1cc(C(=O)NCCCN2CCOCC2)co1. The third-order valence-electron chi connectivity index (χ3n) is 3.16. The topological polar surface area (TPSA) is 80.7 Å². The summed E-state index contributed by atoms with van der Waals surface area (Å²) in [5.74, 6) is 0.517. The highest BCUT2D eigenvalue weighted by atomic mass is 35.5. The number of rotatable bonds is 6. The number of carbonyl (C=O) groups is 1. The number of hydrogen-bond acceptors (Lipinski definition) is 5. The van der Waals surface area contributed by atoms with E-state index in [1.54, 1.807) is 6.07 Å². The van der Waals surface area contributed by atoms with Crippen molar-refractivity contribution in [3.05, 3.63) is 23.7 Å². The third-order valence-corrected chi connectivity index (χ3v) is 3.16. The second kappa shape index (κ2) is 10.9. The van der Waals surface area contributed by atoms with Crippen LogP contribution in [0.4, 0.5) is 0 Å². The van der Waals surface area contributed by atoms with E-state index in [-0.39, 0.29) is 30.7 Å². The van der Waals surface area contributed by atoms with Crippen LogP contribution >= 0.6 is 24.8 Å². The van der Waals surface area contributed by atoms with Crippen molar-refractivity contribution in [3.63, 3.8) is 0 Å². The Morgan fingerprint density at radius 3 is 2.67 bits per heavy atom. The maximum absolute atomic E-state index is 11.8. The van der Waals surface area contributed by atoms with E-state index >= 15 is 0 Å². The quantitative estimate of drug-likeness (QED) is 0.756. The minimum absolute atomic E-state index is 0. The third kappa shape index (κ3) is 6.67. The van der Waals surface area contributed by atoms with Gasteiger partial charge in [0.1, 0.15) is 12.0 Å². The summed E-state index contributed by atoms with van der Waals surface area (Å²) in [6.07, 6.45) is 2.38. The van der Waals surface area contributed by atoms with Gasteiger partial charge in [0.25, 0.3) is 5.91 Å². The van der Waals surface area contributed by atoms with Crippen molar-refractivity contribution in [3.8, 4) is 0 Å². The highest BCUT2D eigenvalue weighted by Crippen LogP contribution is 2.06. The average Bonchev–Trinajstić information content (AvgIpc) is 2.93. The molecule has 1 aromatic rings. The van der Waals surface area contributed by atoms with Crippen molar-refractivity contribution in [2.45, 2.75) is 13.0 Å². The highest BCUT2D eigenvalue weighted by Gasteiger charge is 2.11. The van der Waals surface area contributed by atoms with Crippen LogP contribution in [-0.4, -0.2) is 50.2 Å². The van der Waals surface area contributed by atoms with Crippen molar-refractivity contribution in [2.75, 3.05) is 39.4 Å². The molecule has 2 rings (SSSR count). The molecule has 0 spiro atoms. The lowest BCUT2D eigenvalue weighted by Gasteiger charge is -2.26. The summed E-state index contributed by atoms with van der Waals surface area (Å²) in [6, 6.07) is 1.68. The fourth-order valence-corrected chi connectivity index (χ4v) is 2.04. The first kappa shape index (κ1) is 20.2. The van der Waals surface area contributed by atoms with Crippen LogP contribution in [0.25, 0.3) is 0 Å². The summed E-state index contributed by atoms with van der Waals surface area (Å²) in [5, 5.41) is 2.88. The Kier molecular flexibility index (Phi) is 10.5. The summed E-state index contributed by atoms with van der Waals surface area (Å²) in [7, 11) is 0. The second-order valence-electron chi connectivity index (χ2n) is 4.57. The van der Waals surface area contributed by atoms with Crippen LogP contribution in [0.15, 0.2) is 16.7 Å². The monoisotopic (exact) mass is 339 g/mol. The van der Waals surface area contributed by atoms with Crippen molar-refractivity contribution in [1.82, 2.24) is 10.2 Å². The average molecular weight is 340 g/mol. The molecule has 0 atom stereocenters. The zero-order chi connectivity index (χ0) is 13.5. The van der Waals surface area contributed by atoms with Crippen molar-refractivity contribution in [1.29, 1.82) is 0 Å². The summed E-state index contributed by atoms with van der Waals surface area (Å²) in [5.41, 5.74) is 5.96. The zero-order valence-electron chi connectivity index (χ0n) is 11.9. The van der Waals surface area contributed by atoms with Crippen LogP contribution in [-0.2, 0) is 11.3 Å². The molecule has 1 aromatic heterocycles. The van der Waals surface area contributed by atoms with E-state index in [0.29, 0.717) is 24.4 Å². The standard InChI is InChI=1S/C13H21N3O3.2ClH/c14-9-12-8-11(10-19-12)13(17)15-2-1-3-16-4-6-18-7-5-16;;/h8,10H,1-7,9,14H2,(H,15,17);2*1H.